The summed E-state index contributed by atoms with van der Waals surface area (Å²) in [6, 6.07) is 3.60. The van der Waals surface area contributed by atoms with Gasteiger partial charge in [-0.25, -0.2) is 0 Å². The fourth-order valence-corrected chi connectivity index (χ4v) is 2.81. The number of nitrogens with one attached hydrogen (secondary N) is 1. The van der Waals surface area contributed by atoms with Crippen LogP contribution >= 0.6 is 15.9 Å². The molecule has 1 rings (SSSR count). The molecule has 18 heavy (non-hydrogen) atoms. The van der Waals surface area contributed by atoms with Crippen molar-refractivity contribution in [2.75, 3.05) is 11.9 Å². The molecule has 0 spiro atoms. The van der Waals surface area contributed by atoms with Crippen LogP contribution in [0.5, 0.6) is 0 Å². The Balaban J connectivity index is 2.69. The van der Waals surface area contributed by atoms with Gasteiger partial charge in [0.05, 0.1) is 5.56 Å². The third-order valence-electron chi connectivity index (χ3n) is 3.66. The van der Waals surface area contributed by atoms with Gasteiger partial charge in [0.2, 0.25) is 0 Å². The highest BCUT2D eigenvalue weighted by molar-refractivity contribution is 9.09. The Hall–Kier alpha value is -0.900. The Kier molecular flexibility index (Phi) is 5.79. The number of amides is 1. The fraction of sp³-hybridized carbons (Fsp3) is 0.571. The van der Waals surface area contributed by atoms with Gasteiger partial charge >= 0.3 is 0 Å². The summed E-state index contributed by atoms with van der Waals surface area (Å²) in [5.41, 5.74) is 1.58. The minimum Gasteiger partial charge on any atom is -0.351 e. The molecule has 0 atom stereocenters. The second-order valence-electron chi connectivity index (χ2n) is 4.66. The zero-order chi connectivity index (χ0) is 13.6. The molecule has 0 aliphatic rings. The molecule has 1 amide bonds. The predicted molar refractivity (Wildman–Crippen MR) is 78.1 cm³/mol. The molecule has 0 fully saturated rings. The molecule has 0 bridgehead atoms. The molecule has 0 unspecified atom stereocenters. The second-order valence-corrected chi connectivity index (χ2v) is 5.22. The van der Waals surface area contributed by atoms with Gasteiger partial charge in [0.15, 0.2) is 0 Å². The maximum absolute atomic E-state index is 12.1. The van der Waals surface area contributed by atoms with Gasteiger partial charge in [0, 0.05) is 23.8 Å². The molecule has 1 heterocycles. The number of halogens is 1. The van der Waals surface area contributed by atoms with E-state index in [1.165, 1.54) is 0 Å². The van der Waals surface area contributed by atoms with Crippen molar-refractivity contribution in [2.24, 2.45) is 5.41 Å². The third kappa shape index (κ3) is 3.55. The fourth-order valence-electron chi connectivity index (χ4n) is 1.82. The number of rotatable bonds is 6. The molecule has 0 radical (unpaired) electrons. The molecule has 4 heteroatoms. The largest absolute Gasteiger partial charge is 0.351 e. The van der Waals surface area contributed by atoms with E-state index in [-0.39, 0.29) is 11.3 Å². The molecule has 0 aliphatic heterocycles. The molecule has 0 saturated carbocycles. The van der Waals surface area contributed by atoms with Crippen molar-refractivity contribution >= 4 is 21.8 Å². The van der Waals surface area contributed by atoms with E-state index in [0.717, 1.165) is 23.9 Å². The van der Waals surface area contributed by atoms with E-state index >= 15 is 0 Å². The number of carbonyl (C=O) groups excluding carboxylic acids is 1. The van der Waals surface area contributed by atoms with Crippen LogP contribution < -0.4 is 5.32 Å². The summed E-state index contributed by atoms with van der Waals surface area (Å²) in [6.45, 7) is 6.86. The number of pyridine rings is 1. The average Bonchev–Trinajstić information content (AvgIpc) is 2.41. The molecular weight excluding hydrogens is 292 g/mol. The summed E-state index contributed by atoms with van der Waals surface area (Å²) in [5.74, 6) is -0.0344. The van der Waals surface area contributed by atoms with Crippen molar-refractivity contribution < 1.29 is 4.79 Å². The number of hydrogen-bond acceptors (Lipinski definition) is 2. The maximum Gasteiger partial charge on any atom is 0.253 e. The van der Waals surface area contributed by atoms with Crippen LogP contribution in [-0.4, -0.2) is 22.8 Å². The summed E-state index contributed by atoms with van der Waals surface area (Å²) in [4.78, 5) is 16.2. The third-order valence-corrected chi connectivity index (χ3v) is 4.85. The van der Waals surface area contributed by atoms with E-state index in [1.54, 1.807) is 12.3 Å². The zero-order valence-corrected chi connectivity index (χ0v) is 12.9. The van der Waals surface area contributed by atoms with Crippen molar-refractivity contribution in [3.63, 3.8) is 0 Å². The van der Waals surface area contributed by atoms with Gasteiger partial charge in [-0.1, -0.05) is 29.8 Å². The van der Waals surface area contributed by atoms with Crippen molar-refractivity contribution in [1.82, 2.24) is 10.3 Å². The standard InChI is InChI=1S/C14H21BrN2O/c1-4-14(5-2,9-15)10-17-13(18)12-7-6-8-16-11(12)3/h6-8H,4-5,9-10H2,1-3H3,(H,17,18). The Bertz CT molecular complexity index is 394. The highest BCUT2D eigenvalue weighted by atomic mass is 79.9. The normalized spacial score (nSPS) is 11.3. The highest BCUT2D eigenvalue weighted by Gasteiger charge is 2.25. The monoisotopic (exact) mass is 312 g/mol. The van der Waals surface area contributed by atoms with Gasteiger partial charge < -0.3 is 5.32 Å². The summed E-state index contributed by atoms with van der Waals surface area (Å²) < 4.78 is 0. The van der Waals surface area contributed by atoms with Crippen LogP contribution in [0.1, 0.15) is 42.7 Å². The summed E-state index contributed by atoms with van der Waals surface area (Å²) in [6.07, 6.45) is 3.79. The van der Waals surface area contributed by atoms with E-state index in [2.05, 4.69) is 40.1 Å². The molecule has 0 aromatic carbocycles. The highest BCUT2D eigenvalue weighted by Crippen LogP contribution is 2.27. The summed E-state index contributed by atoms with van der Waals surface area (Å²) in [5, 5.41) is 3.93. The van der Waals surface area contributed by atoms with Crippen molar-refractivity contribution in [3.8, 4) is 0 Å². The van der Waals surface area contributed by atoms with Crippen molar-refractivity contribution in [3.05, 3.63) is 29.6 Å². The minimum atomic E-state index is -0.0344. The number of hydrogen-bond donors (Lipinski definition) is 1. The number of aryl methyl sites for hydroxylation is 1. The summed E-state index contributed by atoms with van der Waals surface area (Å²) >= 11 is 3.55. The number of aromatic nitrogens is 1. The van der Waals surface area contributed by atoms with Crippen molar-refractivity contribution in [2.45, 2.75) is 33.6 Å². The van der Waals surface area contributed by atoms with Crippen LogP contribution in [0, 0.1) is 12.3 Å². The molecule has 1 aromatic rings. The molecule has 1 aromatic heterocycles. The Labute approximate surface area is 118 Å². The number of alkyl halides is 1. The average molecular weight is 313 g/mol. The lowest BCUT2D eigenvalue weighted by Gasteiger charge is -2.29. The molecule has 0 saturated heterocycles. The Morgan fingerprint density at radius 3 is 2.61 bits per heavy atom. The molecule has 1 N–H and O–H groups in total. The first-order valence-corrected chi connectivity index (χ1v) is 7.46. The maximum atomic E-state index is 12.1. The van der Waals surface area contributed by atoms with Gasteiger partial charge in [0.25, 0.3) is 5.91 Å². The number of nitrogens with zero attached hydrogens (tertiary/aromatic N) is 1. The quantitative estimate of drug-likeness (QED) is 0.819. The first-order chi connectivity index (χ1) is 8.58. The van der Waals surface area contributed by atoms with Gasteiger partial charge in [-0.2, -0.15) is 0 Å². The van der Waals surface area contributed by atoms with Crippen LogP contribution in [0.15, 0.2) is 18.3 Å². The van der Waals surface area contributed by atoms with Crippen LogP contribution in [-0.2, 0) is 0 Å². The van der Waals surface area contributed by atoms with Crippen LogP contribution in [0.3, 0.4) is 0 Å². The number of carbonyl (C=O) groups is 1. The van der Waals surface area contributed by atoms with Crippen LogP contribution in [0.25, 0.3) is 0 Å². The van der Waals surface area contributed by atoms with Crippen LogP contribution in [0.4, 0.5) is 0 Å². The van der Waals surface area contributed by atoms with Gasteiger partial charge in [-0.05, 0) is 37.3 Å². The lowest BCUT2D eigenvalue weighted by Crippen LogP contribution is -2.38. The molecule has 0 aliphatic carbocycles. The molecular formula is C14H21BrN2O. The smallest absolute Gasteiger partial charge is 0.253 e. The van der Waals surface area contributed by atoms with E-state index in [0.29, 0.717) is 12.1 Å². The van der Waals surface area contributed by atoms with Crippen LogP contribution in [0.2, 0.25) is 0 Å². The Morgan fingerprint density at radius 2 is 2.11 bits per heavy atom. The van der Waals surface area contributed by atoms with Crippen molar-refractivity contribution in [1.29, 1.82) is 0 Å². The molecule has 100 valence electrons. The Morgan fingerprint density at radius 1 is 1.44 bits per heavy atom. The minimum absolute atomic E-state index is 0.0344. The van der Waals surface area contributed by atoms with E-state index < -0.39 is 0 Å². The molecule has 3 nitrogen and oxygen atoms in total. The van der Waals surface area contributed by atoms with Gasteiger partial charge in [0.1, 0.15) is 0 Å². The van der Waals surface area contributed by atoms with E-state index in [1.807, 2.05) is 13.0 Å². The van der Waals surface area contributed by atoms with Gasteiger partial charge in [-0.3, -0.25) is 9.78 Å². The SMILES string of the molecule is CCC(CC)(CBr)CNC(=O)c1cccnc1C. The van der Waals surface area contributed by atoms with Gasteiger partial charge in [-0.15, -0.1) is 0 Å². The van der Waals surface area contributed by atoms with E-state index in [4.69, 9.17) is 0 Å². The lowest BCUT2D eigenvalue weighted by atomic mass is 9.84. The summed E-state index contributed by atoms with van der Waals surface area (Å²) in [7, 11) is 0. The first kappa shape index (κ1) is 15.2. The lowest BCUT2D eigenvalue weighted by molar-refractivity contribution is 0.0931. The second kappa shape index (κ2) is 6.88. The topological polar surface area (TPSA) is 42.0 Å². The first-order valence-electron chi connectivity index (χ1n) is 6.34. The predicted octanol–water partition coefficient (Wildman–Crippen LogP) is 3.32. The zero-order valence-electron chi connectivity index (χ0n) is 11.3. The van der Waals surface area contributed by atoms with E-state index in [9.17, 15) is 4.79 Å².